The van der Waals surface area contributed by atoms with Gasteiger partial charge in [0.05, 0.1) is 5.88 Å². The molecule has 0 fully saturated rings. The molecule has 114 valence electrons. The summed E-state index contributed by atoms with van der Waals surface area (Å²) in [4.78, 5) is 19.7. The van der Waals surface area contributed by atoms with Gasteiger partial charge in [-0.1, -0.05) is 32.6 Å². The molecule has 4 nitrogen and oxygen atoms in total. The summed E-state index contributed by atoms with van der Waals surface area (Å²) in [5.74, 6) is 0.579. The summed E-state index contributed by atoms with van der Waals surface area (Å²) >= 11 is 3.91. The van der Waals surface area contributed by atoms with Crippen LogP contribution in [-0.2, 0) is 9.59 Å². The minimum absolute atomic E-state index is 0.126. The fraction of sp³-hybridized carbons (Fsp3) is 0.714. The third-order valence-electron chi connectivity index (χ3n) is 1.78. The van der Waals surface area contributed by atoms with Crippen molar-refractivity contribution < 1.29 is 9.59 Å². The van der Waals surface area contributed by atoms with Crippen LogP contribution in [0.4, 0.5) is 0 Å². The predicted octanol–water partition coefficient (Wildman–Crippen LogP) is 2.38. The highest BCUT2D eigenvalue weighted by Crippen LogP contribution is 2.04. The van der Waals surface area contributed by atoms with Crippen LogP contribution >= 0.6 is 12.6 Å². The summed E-state index contributed by atoms with van der Waals surface area (Å²) in [6.45, 7) is 3.63. The normalized spacial score (nSPS) is 7.32. The van der Waals surface area contributed by atoms with E-state index >= 15 is 0 Å². The highest BCUT2D eigenvalue weighted by molar-refractivity contribution is 7.80. The van der Waals surface area contributed by atoms with Crippen molar-refractivity contribution in [3.8, 4) is 12.8 Å². The summed E-state index contributed by atoms with van der Waals surface area (Å²) in [6, 6.07) is 0. The SMILES string of the molecule is C#C.CC=O.CCCCCCCC(=O)NCS.CN. The van der Waals surface area contributed by atoms with Crippen LogP contribution in [-0.4, -0.2) is 25.1 Å². The van der Waals surface area contributed by atoms with E-state index in [0.717, 1.165) is 12.7 Å². The second kappa shape index (κ2) is 36.0. The van der Waals surface area contributed by atoms with Crippen LogP contribution in [0.5, 0.6) is 0 Å². The minimum atomic E-state index is 0.126. The molecular formula is C14H30N2O2S. The Kier molecular flexibility index (Phi) is 50.3. The predicted molar refractivity (Wildman–Crippen MR) is 87.1 cm³/mol. The lowest BCUT2D eigenvalue weighted by Crippen LogP contribution is -2.20. The molecule has 1 amide bonds. The number of carbonyl (C=O) groups excluding carboxylic acids is 2. The Morgan fingerprint density at radius 2 is 1.63 bits per heavy atom. The first kappa shape index (κ1) is 26.5. The Morgan fingerprint density at radius 1 is 1.21 bits per heavy atom. The van der Waals surface area contributed by atoms with Crippen molar-refractivity contribution in [2.75, 3.05) is 12.9 Å². The number of carbonyl (C=O) groups is 2. The maximum Gasteiger partial charge on any atom is 0.220 e. The Labute approximate surface area is 124 Å². The van der Waals surface area contributed by atoms with Crippen molar-refractivity contribution >= 4 is 24.8 Å². The van der Waals surface area contributed by atoms with Crippen molar-refractivity contribution in [2.24, 2.45) is 5.73 Å². The second-order valence-corrected chi connectivity index (χ2v) is 3.47. The highest BCUT2D eigenvalue weighted by Gasteiger charge is 1.97. The lowest BCUT2D eigenvalue weighted by atomic mass is 10.1. The molecule has 0 aliphatic heterocycles. The van der Waals surface area contributed by atoms with Crippen LogP contribution < -0.4 is 11.1 Å². The Balaban J connectivity index is -0.000000136. The fourth-order valence-electron chi connectivity index (χ4n) is 1.07. The zero-order valence-electron chi connectivity index (χ0n) is 12.5. The van der Waals surface area contributed by atoms with Gasteiger partial charge in [0.25, 0.3) is 0 Å². The highest BCUT2D eigenvalue weighted by atomic mass is 32.1. The van der Waals surface area contributed by atoms with Crippen LogP contribution in [0.3, 0.4) is 0 Å². The summed E-state index contributed by atoms with van der Waals surface area (Å²) in [7, 11) is 1.50. The molecule has 0 heterocycles. The van der Waals surface area contributed by atoms with E-state index < -0.39 is 0 Å². The van der Waals surface area contributed by atoms with Crippen molar-refractivity contribution in [3.63, 3.8) is 0 Å². The average Bonchev–Trinajstić information content (AvgIpc) is 2.44. The van der Waals surface area contributed by atoms with Gasteiger partial charge in [-0.2, -0.15) is 12.6 Å². The van der Waals surface area contributed by atoms with Crippen LogP contribution in [0.1, 0.15) is 52.4 Å². The molecule has 5 heteroatoms. The van der Waals surface area contributed by atoms with E-state index in [9.17, 15) is 4.79 Å². The maximum absolute atomic E-state index is 10.9. The van der Waals surface area contributed by atoms with Gasteiger partial charge in [-0.3, -0.25) is 4.79 Å². The van der Waals surface area contributed by atoms with Gasteiger partial charge in [-0.15, -0.1) is 12.8 Å². The first-order valence-corrected chi connectivity index (χ1v) is 7.04. The molecule has 0 spiro atoms. The molecule has 0 aliphatic rings. The summed E-state index contributed by atoms with van der Waals surface area (Å²) < 4.78 is 0. The van der Waals surface area contributed by atoms with Crippen molar-refractivity contribution in [1.82, 2.24) is 5.32 Å². The molecule has 0 aliphatic carbocycles. The Bertz CT molecular complexity index is 186. The number of thiol groups is 1. The summed E-state index contributed by atoms with van der Waals surface area (Å²) in [6.07, 6.45) is 15.4. The zero-order valence-corrected chi connectivity index (χ0v) is 13.4. The molecule has 0 radical (unpaired) electrons. The molecule has 0 unspecified atom stereocenters. The van der Waals surface area contributed by atoms with Crippen LogP contribution in [0.2, 0.25) is 0 Å². The number of hydrogen-bond donors (Lipinski definition) is 3. The molecule has 19 heavy (non-hydrogen) atoms. The van der Waals surface area contributed by atoms with Gasteiger partial charge < -0.3 is 15.8 Å². The molecule has 0 aromatic heterocycles. The molecular weight excluding hydrogens is 260 g/mol. The number of terminal acetylenes is 1. The monoisotopic (exact) mass is 290 g/mol. The third kappa shape index (κ3) is 47.2. The van der Waals surface area contributed by atoms with Crippen LogP contribution in [0, 0.1) is 12.8 Å². The number of unbranched alkanes of at least 4 members (excludes halogenated alkanes) is 4. The minimum Gasteiger partial charge on any atom is -0.347 e. The van der Waals surface area contributed by atoms with Gasteiger partial charge in [0.15, 0.2) is 0 Å². The Morgan fingerprint density at radius 3 is 2.00 bits per heavy atom. The lowest BCUT2D eigenvalue weighted by Gasteiger charge is -2.00. The van der Waals surface area contributed by atoms with E-state index in [2.05, 4.69) is 43.4 Å². The zero-order chi connectivity index (χ0) is 15.9. The molecule has 0 aromatic rings. The van der Waals surface area contributed by atoms with E-state index in [-0.39, 0.29) is 5.91 Å². The van der Waals surface area contributed by atoms with Gasteiger partial charge in [-0.25, -0.2) is 0 Å². The summed E-state index contributed by atoms with van der Waals surface area (Å²) in [5.41, 5.74) is 4.50. The van der Waals surface area contributed by atoms with E-state index in [1.54, 1.807) is 0 Å². The standard InChI is InChI=1S/C9H19NOS.C2H4O.C2H2.CH5N/c1-2-3-4-5-6-7-9(11)10-8-12;1-2-3;2*1-2/h12H,2-8H2,1H3,(H,10,11);2H,1H3;1-2H;2H2,1H3. The van der Waals surface area contributed by atoms with E-state index in [1.807, 2.05) is 0 Å². The molecule has 3 N–H and O–H groups in total. The Hall–Kier alpha value is -0.990. The molecule has 0 bridgehead atoms. The molecule has 0 saturated carbocycles. The number of hydrogen-bond acceptors (Lipinski definition) is 4. The van der Waals surface area contributed by atoms with Crippen molar-refractivity contribution in [3.05, 3.63) is 0 Å². The smallest absolute Gasteiger partial charge is 0.220 e. The second-order valence-electron chi connectivity index (χ2n) is 3.16. The van der Waals surface area contributed by atoms with Crippen molar-refractivity contribution in [1.29, 1.82) is 0 Å². The van der Waals surface area contributed by atoms with Gasteiger partial charge in [0.2, 0.25) is 5.91 Å². The van der Waals surface area contributed by atoms with E-state index in [1.165, 1.54) is 39.7 Å². The topological polar surface area (TPSA) is 72.2 Å². The van der Waals surface area contributed by atoms with Gasteiger partial charge in [0.1, 0.15) is 6.29 Å². The molecule has 0 atom stereocenters. The number of nitrogens with two attached hydrogens (primary N) is 1. The van der Waals surface area contributed by atoms with Crippen LogP contribution in [0.15, 0.2) is 0 Å². The van der Waals surface area contributed by atoms with Crippen LogP contribution in [0.25, 0.3) is 0 Å². The van der Waals surface area contributed by atoms with Gasteiger partial charge >= 0.3 is 0 Å². The van der Waals surface area contributed by atoms with E-state index in [4.69, 9.17) is 4.79 Å². The number of nitrogens with one attached hydrogen (secondary N) is 1. The number of amides is 1. The number of rotatable bonds is 7. The average molecular weight is 290 g/mol. The van der Waals surface area contributed by atoms with Gasteiger partial charge in [-0.05, 0) is 20.4 Å². The molecule has 0 saturated heterocycles. The first-order valence-electron chi connectivity index (χ1n) is 6.41. The molecule has 0 aromatic carbocycles. The lowest BCUT2D eigenvalue weighted by molar-refractivity contribution is -0.120. The molecule has 0 rings (SSSR count). The number of aldehydes is 1. The quantitative estimate of drug-likeness (QED) is 0.222. The van der Waals surface area contributed by atoms with Gasteiger partial charge in [0, 0.05) is 6.42 Å². The van der Waals surface area contributed by atoms with Crippen molar-refractivity contribution in [2.45, 2.75) is 52.4 Å². The summed E-state index contributed by atoms with van der Waals surface area (Å²) in [5, 5.41) is 2.66. The van der Waals surface area contributed by atoms with E-state index in [0.29, 0.717) is 12.3 Å². The third-order valence-corrected chi connectivity index (χ3v) is 1.94. The fourth-order valence-corrected chi connectivity index (χ4v) is 1.24. The first-order chi connectivity index (χ1) is 9.22. The largest absolute Gasteiger partial charge is 0.347 e. The maximum atomic E-state index is 10.9.